The predicted octanol–water partition coefficient (Wildman–Crippen LogP) is 4.12. The minimum Gasteiger partial charge on any atom is -0.451 e. The number of aryl methyl sites for hydroxylation is 1. The molecule has 0 bridgehead atoms. The van der Waals surface area contributed by atoms with Crippen LogP contribution in [0.25, 0.3) is 11.0 Å². The average Bonchev–Trinajstić information content (AvgIpc) is 3.44. The maximum atomic E-state index is 12.9. The first-order valence-electron chi connectivity index (χ1n) is 9.35. The van der Waals surface area contributed by atoms with Crippen molar-refractivity contribution in [1.82, 2.24) is 10.6 Å². The number of hydrogen-bond donors (Lipinski definition) is 2. The summed E-state index contributed by atoms with van der Waals surface area (Å²) in [5.41, 5.74) is 2.40. The Bertz CT molecular complexity index is 1020. The van der Waals surface area contributed by atoms with Crippen molar-refractivity contribution in [1.29, 1.82) is 0 Å². The number of furan rings is 1. The molecule has 0 spiro atoms. The summed E-state index contributed by atoms with van der Waals surface area (Å²) in [6.07, 6.45) is 2.42. The van der Waals surface area contributed by atoms with E-state index >= 15 is 0 Å². The van der Waals surface area contributed by atoms with Crippen molar-refractivity contribution in [2.24, 2.45) is 0 Å². The van der Waals surface area contributed by atoms with E-state index in [4.69, 9.17) is 4.42 Å². The van der Waals surface area contributed by atoms with Gasteiger partial charge >= 0.3 is 0 Å². The van der Waals surface area contributed by atoms with Gasteiger partial charge in [0.15, 0.2) is 5.76 Å². The van der Waals surface area contributed by atoms with E-state index in [1.54, 1.807) is 0 Å². The molecule has 3 aromatic rings. The van der Waals surface area contributed by atoms with Crippen LogP contribution in [0, 0.1) is 6.92 Å². The van der Waals surface area contributed by atoms with Crippen LogP contribution >= 0.6 is 15.9 Å². The van der Waals surface area contributed by atoms with E-state index in [-0.39, 0.29) is 23.6 Å². The van der Waals surface area contributed by atoms with Crippen molar-refractivity contribution in [2.45, 2.75) is 38.3 Å². The number of carbonyl (C=O) groups excluding carboxylic acids is 2. The fourth-order valence-electron chi connectivity index (χ4n) is 3.22. The number of amides is 2. The van der Waals surface area contributed by atoms with E-state index in [9.17, 15) is 9.59 Å². The van der Waals surface area contributed by atoms with Crippen molar-refractivity contribution in [2.75, 3.05) is 0 Å². The predicted molar refractivity (Wildman–Crippen MR) is 111 cm³/mol. The Balaban J connectivity index is 1.57. The van der Waals surface area contributed by atoms with Crippen molar-refractivity contribution >= 4 is 38.7 Å². The number of nitrogens with one attached hydrogen (secondary N) is 2. The molecule has 1 fully saturated rings. The van der Waals surface area contributed by atoms with Gasteiger partial charge in [0, 0.05) is 27.9 Å². The Morgan fingerprint density at radius 2 is 1.93 bits per heavy atom. The molecule has 1 saturated carbocycles. The highest BCUT2D eigenvalue weighted by Gasteiger charge is 2.30. The first kappa shape index (κ1) is 18.7. The molecule has 1 atom stereocenters. The van der Waals surface area contributed by atoms with Crippen molar-refractivity contribution in [3.63, 3.8) is 0 Å². The number of benzene rings is 2. The Hall–Kier alpha value is -2.60. The van der Waals surface area contributed by atoms with E-state index in [1.165, 1.54) is 0 Å². The highest BCUT2D eigenvalue weighted by Crippen LogP contribution is 2.28. The summed E-state index contributed by atoms with van der Waals surface area (Å²) in [5.74, 6) is -0.293. The van der Waals surface area contributed by atoms with E-state index < -0.39 is 6.04 Å². The largest absolute Gasteiger partial charge is 0.451 e. The lowest BCUT2D eigenvalue weighted by Crippen LogP contribution is -2.48. The second-order valence-corrected chi connectivity index (χ2v) is 8.11. The lowest BCUT2D eigenvalue weighted by Gasteiger charge is -2.18. The van der Waals surface area contributed by atoms with Gasteiger partial charge in [-0.05, 0) is 43.5 Å². The minimum absolute atomic E-state index is 0.156. The van der Waals surface area contributed by atoms with Gasteiger partial charge in [0.2, 0.25) is 5.91 Å². The van der Waals surface area contributed by atoms with Crippen LogP contribution in [0.4, 0.5) is 0 Å². The quantitative estimate of drug-likeness (QED) is 0.605. The van der Waals surface area contributed by atoms with Crippen LogP contribution in [0.1, 0.15) is 34.5 Å². The fraction of sp³-hybridized carbons (Fsp3) is 0.273. The summed E-state index contributed by atoms with van der Waals surface area (Å²) in [5, 5.41) is 6.74. The van der Waals surface area contributed by atoms with E-state index in [1.807, 2.05) is 55.5 Å². The molecular formula is C22H21BrN2O3. The van der Waals surface area contributed by atoms with Crippen molar-refractivity contribution in [3.05, 3.63) is 69.9 Å². The van der Waals surface area contributed by atoms with Gasteiger partial charge in [-0.2, -0.15) is 0 Å². The molecule has 1 aromatic heterocycles. The minimum atomic E-state index is -0.658. The summed E-state index contributed by atoms with van der Waals surface area (Å²) in [6.45, 7) is 1.85. The topological polar surface area (TPSA) is 71.3 Å². The molecule has 2 N–H and O–H groups in total. The van der Waals surface area contributed by atoms with Crippen molar-refractivity contribution in [3.8, 4) is 0 Å². The maximum absolute atomic E-state index is 12.9. The Morgan fingerprint density at radius 3 is 2.64 bits per heavy atom. The number of carbonyl (C=O) groups is 2. The molecule has 144 valence electrons. The van der Waals surface area contributed by atoms with Gasteiger partial charge in [0.05, 0.1) is 0 Å². The summed E-state index contributed by atoms with van der Waals surface area (Å²) in [6, 6.07) is 14.9. The van der Waals surface area contributed by atoms with Gasteiger partial charge in [-0.3, -0.25) is 9.59 Å². The fourth-order valence-corrected chi connectivity index (χ4v) is 3.58. The molecule has 2 aromatic carbocycles. The molecule has 4 rings (SSSR count). The molecule has 0 aliphatic heterocycles. The highest BCUT2D eigenvalue weighted by atomic mass is 79.9. The molecule has 1 aliphatic carbocycles. The lowest BCUT2D eigenvalue weighted by molar-refractivity contribution is -0.123. The SMILES string of the molecule is Cc1c(C(=O)NC(Cc2ccccc2)C(=O)NC2CC2)oc2ccc(Br)cc12. The second-order valence-electron chi connectivity index (χ2n) is 7.20. The van der Waals surface area contributed by atoms with Gasteiger partial charge in [-0.25, -0.2) is 0 Å². The van der Waals surface area contributed by atoms with Crippen LogP contribution in [0.15, 0.2) is 57.4 Å². The second kappa shape index (κ2) is 7.80. The Morgan fingerprint density at radius 1 is 1.18 bits per heavy atom. The number of rotatable bonds is 6. The summed E-state index contributed by atoms with van der Waals surface area (Å²) < 4.78 is 6.69. The van der Waals surface area contributed by atoms with Gasteiger partial charge < -0.3 is 15.1 Å². The molecule has 1 unspecified atom stereocenters. The zero-order chi connectivity index (χ0) is 19.7. The van der Waals surface area contributed by atoms with Gasteiger partial charge in [0.1, 0.15) is 11.6 Å². The van der Waals surface area contributed by atoms with Crippen molar-refractivity contribution < 1.29 is 14.0 Å². The Kier molecular flexibility index (Phi) is 5.22. The zero-order valence-corrected chi connectivity index (χ0v) is 17.1. The summed E-state index contributed by atoms with van der Waals surface area (Å²) in [4.78, 5) is 25.6. The number of halogens is 1. The summed E-state index contributed by atoms with van der Waals surface area (Å²) >= 11 is 3.44. The molecule has 1 aliphatic rings. The first-order valence-corrected chi connectivity index (χ1v) is 10.1. The van der Waals surface area contributed by atoms with E-state index in [0.717, 1.165) is 33.8 Å². The third kappa shape index (κ3) is 4.12. The van der Waals surface area contributed by atoms with Crippen LogP contribution in [0.2, 0.25) is 0 Å². The van der Waals surface area contributed by atoms with Gasteiger partial charge in [0.25, 0.3) is 5.91 Å². The third-order valence-electron chi connectivity index (χ3n) is 4.93. The lowest BCUT2D eigenvalue weighted by atomic mass is 10.0. The molecule has 5 nitrogen and oxygen atoms in total. The summed E-state index contributed by atoms with van der Waals surface area (Å²) in [7, 11) is 0. The molecule has 0 saturated heterocycles. The van der Waals surface area contributed by atoms with Crippen LogP contribution in [-0.4, -0.2) is 23.9 Å². The van der Waals surface area contributed by atoms with Crippen LogP contribution in [0.3, 0.4) is 0 Å². The van der Waals surface area contributed by atoms with E-state index in [0.29, 0.717) is 12.0 Å². The zero-order valence-electron chi connectivity index (χ0n) is 15.5. The smallest absolute Gasteiger partial charge is 0.287 e. The van der Waals surface area contributed by atoms with Gasteiger partial charge in [-0.15, -0.1) is 0 Å². The molecular weight excluding hydrogens is 420 g/mol. The first-order chi connectivity index (χ1) is 13.5. The van der Waals surface area contributed by atoms with E-state index in [2.05, 4.69) is 26.6 Å². The highest BCUT2D eigenvalue weighted by molar-refractivity contribution is 9.10. The number of fused-ring (bicyclic) bond motifs is 1. The van der Waals surface area contributed by atoms with Crippen LogP contribution in [0.5, 0.6) is 0 Å². The standard InChI is InChI=1S/C22H21BrN2O3/c1-13-17-12-15(23)7-10-19(17)28-20(13)22(27)25-18(21(26)24-16-8-9-16)11-14-5-3-2-4-6-14/h2-7,10,12,16,18H,8-9,11H2,1H3,(H,24,26)(H,25,27). The monoisotopic (exact) mass is 440 g/mol. The molecule has 0 radical (unpaired) electrons. The molecule has 1 heterocycles. The van der Waals surface area contributed by atoms with Gasteiger partial charge in [-0.1, -0.05) is 46.3 Å². The third-order valence-corrected chi connectivity index (χ3v) is 5.43. The molecule has 28 heavy (non-hydrogen) atoms. The number of hydrogen-bond acceptors (Lipinski definition) is 3. The van der Waals surface area contributed by atoms with Crippen LogP contribution < -0.4 is 10.6 Å². The average molecular weight is 441 g/mol. The molecule has 2 amide bonds. The maximum Gasteiger partial charge on any atom is 0.287 e. The Labute approximate surface area is 171 Å². The molecule has 6 heteroatoms. The normalized spacial score (nSPS) is 14.6. The van der Waals surface area contributed by atoms with Crippen LogP contribution in [-0.2, 0) is 11.2 Å².